The Morgan fingerprint density at radius 3 is 2.48 bits per heavy atom. The summed E-state index contributed by atoms with van der Waals surface area (Å²) in [5.41, 5.74) is -0.452. The van der Waals surface area contributed by atoms with Crippen molar-refractivity contribution in [2.45, 2.75) is 11.6 Å². The van der Waals surface area contributed by atoms with E-state index in [4.69, 9.17) is 0 Å². The van der Waals surface area contributed by atoms with Crippen LogP contribution in [0.15, 0.2) is 48.5 Å². The van der Waals surface area contributed by atoms with E-state index in [2.05, 4.69) is 5.32 Å². The van der Waals surface area contributed by atoms with E-state index in [9.17, 15) is 22.4 Å². The molecule has 0 bridgehead atoms. The van der Waals surface area contributed by atoms with Crippen LogP contribution in [0.1, 0.15) is 16.5 Å². The molecule has 0 aromatic heterocycles. The highest BCUT2D eigenvalue weighted by molar-refractivity contribution is 7.99. The van der Waals surface area contributed by atoms with Crippen molar-refractivity contribution >= 4 is 23.5 Å². The number of hydrogen-bond acceptors (Lipinski definition) is 2. The molecule has 1 atom stereocenters. The van der Waals surface area contributed by atoms with Crippen molar-refractivity contribution in [2.75, 3.05) is 17.6 Å². The third-order valence-electron chi connectivity index (χ3n) is 3.78. The lowest BCUT2D eigenvalue weighted by Gasteiger charge is -2.25. The number of para-hydroxylation sites is 1. The Morgan fingerprint density at radius 1 is 1.12 bits per heavy atom. The van der Waals surface area contributed by atoms with E-state index in [1.165, 1.54) is 47.0 Å². The normalized spacial score (nSPS) is 17.6. The number of halogens is 4. The van der Waals surface area contributed by atoms with Crippen molar-refractivity contribution in [3.8, 4) is 0 Å². The SMILES string of the molecule is O=C(Nc1ccccc1C(F)(F)F)N1CCSC1c1ccc(F)cc1. The maximum atomic E-state index is 13.1. The summed E-state index contributed by atoms with van der Waals surface area (Å²) in [6.45, 7) is 0.396. The highest BCUT2D eigenvalue weighted by atomic mass is 32.2. The lowest BCUT2D eigenvalue weighted by Crippen LogP contribution is -2.34. The third-order valence-corrected chi connectivity index (χ3v) is 5.04. The Balaban J connectivity index is 1.80. The second kappa shape index (κ2) is 6.95. The second-order valence-corrected chi connectivity index (χ2v) is 6.63. The lowest BCUT2D eigenvalue weighted by atomic mass is 10.1. The van der Waals surface area contributed by atoms with E-state index in [0.717, 1.165) is 11.6 Å². The molecule has 1 aliphatic rings. The average molecular weight is 370 g/mol. The summed E-state index contributed by atoms with van der Waals surface area (Å²) >= 11 is 1.48. The smallest absolute Gasteiger partial charge is 0.308 e. The topological polar surface area (TPSA) is 32.3 Å². The first-order valence-electron chi connectivity index (χ1n) is 7.47. The fourth-order valence-electron chi connectivity index (χ4n) is 2.61. The molecule has 1 unspecified atom stereocenters. The van der Waals surface area contributed by atoms with E-state index in [1.54, 1.807) is 12.1 Å². The first kappa shape index (κ1) is 17.6. The van der Waals surface area contributed by atoms with E-state index in [1.807, 2.05) is 0 Å². The van der Waals surface area contributed by atoms with E-state index in [0.29, 0.717) is 12.3 Å². The predicted octanol–water partition coefficient (Wildman–Crippen LogP) is 5.12. The van der Waals surface area contributed by atoms with Gasteiger partial charge in [0.2, 0.25) is 0 Å². The number of anilines is 1. The molecule has 0 spiro atoms. The molecule has 2 aromatic rings. The molecular weight excluding hydrogens is 356 g/mol. The molecule has 1 saturated heterocycles. The van der Waals surface area contributed by atoms with Crippen molar-refractivity contribution in [3.05, 3.63) is 65.5 Å². The molecule has 1 fully saturated rings. The average Bonchev–Trinajstić information content (AvgIpc) is 3.05. The molecule has 0 radical (unpaired) electrons. The van der Waals surface area contributed by atoms with Crippen LogP contribution in [0, 0.1) is 5.82 Å². The number of amides is 2. The van der Waals surface area contributed by atoms with Crippen molar-refractivity contribution in [1.29, 1.82) is 0 Å². The Labute approximate surface area is 146 Å². The number of alkyl halides is 3. The summed E-state index contributed by atoms with van der Waals surface area (Å²) in [5, 5.41) is 1.99. The molecule has 0 aliphatic carbocycles. The Morgan fingerprint density at radius 2 is 1.80 bits per heavy atom. The van der Waals surface area contributed by atoms with Gasteiger partial charge in [-0.3, -0.25) is 0 Å². The molecule has 2 amide bonds. The highest BCUT2D eigenvalue weighted by Crippen LogP contribution is 2.39. The second-order valence-electron chi connectivity index (χ2n) is 5.44. The van der Waals surface area contributed by atoms with Gasteiger partial charge in [-0.05, 0) is 29.8 Å². The minimum absolute atomic E-state index is 0.283. The van der Waals surface area contributed by atoms with Crippen LogP contribution in [-0.2, 0) is 6.18 Å². The Bertz CT molecular complexity index is 764. The van der Waals surface area contributed by atoms with Gasteiger partial charge in [0.25, 0.3) is 0 Å². The largest absolute Gasteiger partial charge is 0.418 e. The third kappa shape index (κ3) is 3.89. The minimum Gasteiger partial charge on any atom is -0.308 e. The van der Waals surface area contributed by atoms with Crippen LogP contribution >= 0.6 is 11.8 Å². The van der Waals surface area contributed by atoms with Gasteiger partial charge in [-0.15, -0.1) is 11.8 Å². The van der Waals surface area contributed by atoms with Crippen LogP contribution in [0.4, 0.5) is 28.0 Å². The van der Waals surface area contributed by atoms with E-state index < -0.39 is 17.8 Å². The molecule has 0 saturated carbocycles. The summed E-state index contributed by atoms with van der Waals surface area (Å²) in [4.78, 5) is 14.0. The van der Waals surface area contributed by atoms with Crippen LogP contribution in [0.5, 0.6) is 0 Å². The van der Waals surface area contributed by atoms with Gasteiger partial charge in [0.05, 0.1) is 11.3 Å². The first-order valence-corrected chi connectivity index (χ1v) is 8.52. The molecular formula is C17H14F4N2OS. The van der Waals surface area contributed by atoms with Gasteiger partial charge in [0, 0.05) is 12.3 Å². The fraction of sp³-hybridized carbons (Fsp3) is 0.235. The van der Waals surface area contributed by atoms with Gasteiger partial charge in [-0.2, -0.15) is 13.2 Å². The van der Waals surface area contributed by atoms with Crippen LogP contribution in [0.2, 0.25) is 0 Å². The monoisotopic (exact) mass is 370 g/mol. The number of carbonyl (C=O) groups is 1. The number of benzene rings is 2. The lowest BCUT2D eigenvalue weighted by molar-refractivity contribution is -0.136. The van der Waals surface area contributed by atoms with Gasteiger partial charge in [0.15, 0.2) is 0 Å². The summed E-state index contributed by atoms with van der Waals surface area (Å²) in [6, 6.07) is 9.96. The van der Waals surface area contributed by atoms with E-state index in [-0.39, 0.29) is 16.9 Å². The van der Waals surface area contributed by atoms with Crippen LogP contribution < -0.4 is 5.32 Å². The van der Waals surface area contributed by atoms with Gasteiger partial charge in [-0.25, -0.2) is 9.18 Å². The van der Waals surface area contributed by atoms with Crippen LogP contribution in [-0.4, -0.2) is 23.2 Å². The number of rotatable bonds is 2. The maximum absolute atomic E-state index is 13.1. The van der Waals surface area contributed by atoms with Gasteiger partial charge in [0.1, 0.15) is 11.2 Å². The van der Waals surface area contributed by atoms with Crippen molar-refractivity contribution in [1.82, 2.24) is 4.90 Å². The fourth-order valence-corrected chi connectivity index (χ4v) is 3.86. The molecule has 1 heterocycles. The number of thioether (sulfide) groups is 1. The zero-order chi connectivity index (χ0) is 18.0. The molecule has 25 heavy (non-hydrogen) atoms. The molecule has 1 N–H and O–H groups in total. The number of nitrogens with zero attached hydrogens (tertiary/aromatic N) is 1. The molecule has 3 rings (SSSR count). The Hall–Kier alpha value is -2.22. The predicted molar refractivity (Wildman–Crippen MR) is 88.8 cm³/mol. The Kier molecular flexibility index (Phi) is 4.89. The number of urea groups is 1. The molecule has 3 nitrogen and oxygen atoms in total. The molecule has 132 valence electrons. The summed E-state index contributed by atoms with van der Waals surface area (Å²) in [7, 11) is 0. The van der Waals surface area contributed by atoms with Gasteiger partial charge < -0.3 is 10.2 Å². The first-order chi connectivity index (χ1) is 11.9. The molecule has 1 aliphatic heterocycles. The molecule has 2 aromatic carbocycles. The quantitative estimate of drug-likeness (QED) is 0.744. The summed E-state index contributed by atoms with van der Waals surface area (Å²) in [5.74, 6) is 0.262. The van der Waals surface area contributed by atoms with Crippen LogP contribution in [0.25, 0.3) is 0 Å². The minimum atomic E-state index is -4.56. The van der Waals surface area contributed by atoms with Crippen molar-refractivity contribution in [3.63, 3.8) is 0 Å². The highest BCUT2D eigenvalue weighted by Gasteiger charge is 2.35. The van der Waals surface area contributed by atoms with Crippen molar-refractivity contribution in [2.24, 2.45) is 0 Å². The number of carbonyl (C=O) groups excluding carboxylic acids is 1. The summed E-state index contributed by atoms with van der Waals surface area (Å²) in [6.07, 6.45) is -4.56. The molecule has 8 heteroatoms. The zero-order valence-corrected chi connectivity index (χ0v) is 13.7. The maximum Gasteiger partial charge on any atom is 0.418 e. The van der Waals surface area contributed by atoms with Crippen molar-refractivity contribution < 1.29 is 22.4 Å². The van der Waals surface area contributed by atoms with E-state index >= 15 is 0 Å². The van der Waals surface area contributed by atoms with Gasteiger partial charge >= 0.3 is 12.2 Å². The van der Waals surface area contributed by atoms with Gasteiger partial charge in [-0.1, -0.05) is 24.3 Å². The van der Waals surface area contributed by atoms with Crippen LogP contribution in [0.3, 0.4) is 0 Å². The number of hydrogen-bond donors (Lipinski definition) is 1. The summed E-state index contributed by atoms with van der Waals surface area (Å²) < 4.78 is 52.2. The standard InChI is InChI=1S/C17H14F4N2OS/c18-12-7-5-11(6-8-12)15-23(9-10-25-15)16(24)22-14-4-2-1-3-13(14)17(19,20)21/h1-8,15H,9-10H2,(H,22,24). The zero-order valence-electron chi connectivity index (χ0n) is 12.9. The number of nitrogens with one attached hydrogen (secondary N) is 1.